The van der Waals surface area contributed by atoms with Crippen LogP contribution in [0, 0.1) is 0 Å². The number of nitrogens with one attached hydrogen (secondary N) is 1. The van der Waals surface area contributed by atoms with Crippen molar-refractivity contribution in [2.45, 2.75) is 45.7 Å². The molecule has 0 bridgehead atoms. The minimum absolute atomic E-state index is 0.193. The van der Waals surface area contributed by atoms with Crippen molar-refractivity contribution >= 4 is 5.91 Å². The van der Waals surface area contributed by atoms with E-state index in [2.05, 4.69) is 23.5 Å². The molecule has 0 aromatic carbocycles. The van der Waals surface area contributed by atoms with Crippen LogP contribution in [0.25, 0.3) is 0 Å². The second-order valence-electron chi connectivity index (χ2n) is 5.29. The molecule has 0 saturated carbocycles. The van der Waals surface area contributed by atoms with Crippen LogP contribution in [0.4, 0.5) is 0 Å². The van der Waals surface area contributed by atoms with Gasteiger partial charge in [0.15, 0.2) is 0 Å². The molecule has 0 spiro atoms. The fourth-order valence-corrected chi connectivity index (χ4v) is 2.68. The van der Waals surface area contributed by atoms with E-state index in [0.717, 1.165) is 38.9 Å². The molecule has 0 aliphatic carbocycles. The van der Waals surface area contributed by atoms with E-state index >= 15 is 0 Å². The highest BCUT2D eigenvalue weighted by Crippen LogP contribution is 2.12. The molecule has 5 nitrogen and oxygen atoms in total. The van der Waals surface area contributed by atoms with Crippen LogP contribution in [-0.2, 0) is 24.8 Å². The van der Waals surface area contributed by atoms with E-state index in [1.54, 1.807) is 6.92 Å². The smallest absolute Gasteiger partial charge is 0.219 e. The number of aryl methyl sites for hydroxylation is 2. The molecule has 0 radical (unpaired) electrons. The largest absolute Gasteiger partial charge is 0.343 e. The Hall–Kier alpha value is -1.36. The highest BCUT2D eigenvalue weighted by molar-refractivity contribution is 5.73. The van der Waals surface area contributed by atoms with Crippen LogP contribution in [0.5, 0.6) is 0 Å². The zero-order valence-corrected chi connectivity index (χ0v) is 12.1. The van der Waals surface area contributed by atoms with E-state index in [9.17, 15) is 4.79 Å². The monoisotopic (exact) mass is 264 g/mol. The third-order valence-corrected chi connectivity index (χ3v) is 3.85. The molecule has 1 N–H and O–H groups in total. The number of hydrogen-bond donors (Lipinski definition) is 1. The molecule has 1 aromatic heterocycles. The molecule has 0 atom stereocenters. The van der Waals surface area contributed by atoms with Gasteiger partial charge in [0.05, 0.1) is 5.69 Å². The first-order valence-corrected chi connectivity index (χ1v) is 7.10. The van der Waals surface area contributed by atoms with E-state index in [4.69, 9.17) is 0 Å². The van der Waals surface area contributed by atoms with Crippen LogP contribution >= 0.6 is 0 Å². The summed E-state index contributed by atoms with van der Waals surface area (Å²) in [6.07, 6.45) is 5.15. The first-order valence-electron chi connectivity index (χ1n) is 7.10. The molecule has 1 saturated heterocycles. The Bertz CT molecular complexity index is 433. The van der Waals surface area contributed by atoms with Gasteiger partial charge < -0.3 is 10.2 Å². The lowest BCUT2D eigenvalue weighted by Crippen LogP contribution is -2.44. The third-order valence-electron chi connectivity index (χ3n) is 3.85. The zero-order chi connectivity index (χ0) is 13.8. The van der Waals surface area contributed by atoms with Crippen molar-refractivity contribution in [3.8, 4) is 0 Å². The van der Waals surface area contributed by atoms with Gasteiger partial charge in [-0.1, -0.05) is 6.92 Å². The summed E-state index contributed by atoms with van der Waals surface area (Å²) in [6.45, 7) is 6.41. The number of carbonyl (C=O) groups excluding carboxylic acids is 1. The van der Waals surface area contributed by atoms with Gasteiger partial charge in [0, 0.05) is 51.4 Å². The number of nitrogens with zero attached hydrogens (tertiary/aromatic N) is 3. The van der Waals surface area contributed by atoms with Crippen LogP contribution in [0.3, 0.4) is 0 Å². The molecule has 1 aromatic rings. The van der Waals surface area contributed by atoms with E-state index in [1.807, 2.05) is 16.6 Å². The maximum absolute atomic E-state index is 11.3. The Morgan fingerprint density at radius 2 is 2.16 bits per heavy atom. The zero-order valence-electron chi connectivity index (χ0n) is 12.1. The van der Waals surface area contributed by atoms with Crippen molar-refractivity contribution < 1.29 is 4.79 Å². The second-order valence-corrected chi connectivity index (χ2v) is 5.29. The Morgan fingerprint density at radius 3 is 2.74 bits per heavy atom. The normalized spacial score (nSPS) is 16.9. The minimum atomic E-state index is 0.193. The number of carbonyl (C=O) groups is 1. The van der Waals surface area contributed by atoms with Crippen molar-refractivity contribution in [3.63, 3.8) is 0 Å². The third kappa shape index (κ3) is 3.56. The predicted octanol–water partition coefficient (Wildman–Crippen LogP) is 1.08. The molecule has 19 heavy (non-hydrogen) atoms. The van der Waals surface area contributed by atoms with Crippen molar-refractivity contribution in [1.82, 2.24) is 20.0 Å². The van der Waals surface area contributed by atoms with Crippen LogP contribution < -0.4 is 5.32 Å². The Morgan fingerprint density at radius 1 is 1.47 bits per heavy atom. The lowest BCUT2D eigenvalue weighted by molar-refractivity contribution is -0.129. The van der Waals surface area contributed by atoms with Gasteiger partial charge in [-0.2, -0.15) is 5.10 Å². The molecule has 5 heteroatoms. The lowest BCUT2D eigenvalue weighted by atomic mass is 10.0. The van der Waals surface area contributed by atoms with E-state index in [0.29, 0.717) is 6.04 Å². The number of amides is 1. The Balaban J connectivity index is 1.82. The summed E-state index contributed by atoms with van der Waals surface area (Å²) >= 11 is 0. The SMILES string of the molecule is CCc1nn(C)cc1CNC1CCN(C(C)=O)CC1. The van der Waals surface area contributed by atoms with Gasteiger partial charge in [-0.05, 0) is 19.3 Å². The summed E-state index contributed by atoms with van der Waals surface area (Å²) in [7, 11) is 1.97. The van der Waals surface area contributed by atoms with Crippen LogP contribution in [0.1, 0.15) is 37.9 Å². The number of piperidine rings is 1. The topological polar surface area (TPSA) is 50.2 Å². The summed E-state index contributed by atoms with van der Waals surface area (Å²) in [5.74, 6) is 0.193. The summed E-state index contributed by atoms with van der Waals surface area (Å²) in [4.78, 5) is 13.2. The highest BCUT2D eigenvalue weighted by Gasteiger charge is 2.20. The van der Waals surface area contributed by atoms with Crippen molar-refractivity contribution in [1.29, 1.82) is 0 Å². The summed E-state index contributed by atoms with van der Waals surface area (Å²) in [5.41, 5.74) is 2.47. The number of likely N-dealkylation sites (tertiary alicyclic amines) is 1. The quantitative estimate of drug-likeness (QED) is 0.885. The molecule has 0 unspecified atom stereocenters. The van der Waals surface area contributed by atoms with Crippen LogP contribution in [0.2, 0.25) is 0 Å². The van der Waals surface area contributed by atoms with E-state index in [1.165, 1.54) is 11.3 Å². The van der Waals surface area contributed by atoms with Crippen molar-refractivity contribution in [3.05, 3.63) is 17.5 Å². The van der Waals surface area contributed by atoms with Gasteiger partial charge in [0.25, 0.3) is 0 Å². The maximum atomic E-state index is 11.3. The fourth-order valence-electron chi connectivity index (χ4n) is 2.68. The average molecular weight is 264 g/mol. The van der Waals surface area contributed by atoms with Crippen LogP contribution in [-0.4, -0.2) is 39.7 Å². The summed E-state index contributed by atoms with van der Waals surface area (Å²) in [5, 5.41) is 8.05. The molecule has 2 rings (SSSR count). The lowest BCUT2D eigenvalue weighted by Gasteiger charge is -2.31. The first kappa shape index (κ1) is 14.1. The average Bonchev–Trinajstić information content (AvgIpc) is 2.77. The van der Waals surface area contributed by atoms with Gasteiger partial charge in [0.2, 0.25) is 5.91 Å². The number of aromatic nitrogens is 2. The minimum Gasteiger partial charge on any atom is -0.343 e. The number of hydrogen-bond acceptors (Lipinski definition) is 3. The highest BCUT2D eigenvalue weighted by atomic mass is 16.2. The first-order chi connectivity index (χ1) is 9.10. The molecule has 106 valence electrons. The molecule has 1 aliphatic rings. The maximum Gasteiger partial charge on any atom is 0.219 e. The summed E-state index contributed by atoms with van der Waals surface area (Å²) < 4.78 is 1.88. The van der Waals surface area contributed by atoms with Crippen molar-refractivity contribution in [2.75, 3.05) is 13.1 Å². The van der Waals surface area contributed by atoms with Gasteiger partial charge in [-0.15, -0.1) is 0 Å². The standard InChI is InChI=1S/C14H24N4O/c1-4-14-12(10-17(3)16-14)9-15-13-5-7-18(8-6-13)11(2)19/h10,13,15H,4-9H2,1-3H3. The molecular formula is C14H24N4O. The van der Waals surface area contributed by atoms with Crippen molar-refractivity contribution in [2.24, 2.45) is 7.05 Å². The molecular weight excluding hydrogens is 240 g/mol. The summed E-state index contributed by atoms with van der Waals surface area (Å²) in [6, 6.07) is 0.514. The Labute approximate surface area is 115 Å². The van der Waals surface area contributed by atoms with Gasteiger partial charge in [-0.3, -0.25) is 9.48 Å². The van der Waals surface area contributed by atoms with E-state index in [-0.39, 0.29) is 5.91 Å². The number of rotatable bonds is 4. The second kappa shape index (κ2) is 6.19. The molecule has 1 amide bonds. The van der Waals surface area contributed by atoms with Gasteiger partial charge in [0.1, 0.15) is 0 Å². The van der Waals surface area contributed by atoms with Crippen LogP contribution in [0.15, 0.2) is 6.20 Å². The van der Waals surface area contributed by atoms with E-state index < -0.39 is 0 Å². The molecule has 1 fully saturated rings. The Kier molecular flexibility index (Phi) is 4.58. The predicted molar refractivity (Wildman–Crippen MR) is 74.7 cm³/mol. The molecule has 2 heterocycles. The fraction of sp³-hybridized carbons (Fsp3) is 0.714. The molecule has 1 aliphatic heterocycles. The van der Waals surface area contributed by atoms with Gasteiger partial charge in [-0.25, -0.2) is 0 Å². The van der Waals surface area contributed by atoms with Gasteiger partial charge >= 0.3 is 0 Å².